The average molecular weight is 410 g/mol. The van der Waals surface area contributed by atoms with Crippen molar-refractivity contribution in [2.45, 2.75) is 116 Å². The number of hydrogen-bond acceptors (Lipinski definition) is 4. The number of ether oxygens (including phenoxy) is 1. The number of Topliss-reactive ketones (excluding diaryl/α,β-unsaturated/α-hetero) is 1. The topological polar surface area (TPSA) is 46.6 Å². The molecule has 4 nitrogen and oxygen atoms in total. The highest BCUT2D eigenvalue weighted by molar-refractivity contribution is 5.75. The van der Waals surface area contributed by atoms with Gasteiger partial charge in [0.15, 0.2) is 0 Å². The van der Waals surface area contributed by atoms with Crippen molar-refractivity contribution in [1.29, 1.82) is 0 Å². The second-order valence-electron chi connectivity index (χ2n) is 8.66. The molecule has 0 fully saturated rings. The highest BCUT2D eigenvalue weighted by atomic mass is 16.5. The Balaban J connectivity index is 4.07. The summed E-state index contributed by atoms with van der Waals surface area (Å²) in [5.74, 6) is 0.250. The molecular formula is C25H47NO3. The number of carbonyl (C=O) groups is 2. The third-order valence-corrected chi connectivity index (χ3v) is 5.27. The standard InChI is InChI=1S/C25H47NO3/c1-5-6-7-8-9-12-15-19-24(29-25(28)21-17-22-26(3)4)20-16-13-10-11-14-18-23(2)27/h5,24H,1,6-22H2,2-4H3. The van der Waals surface area contributed by atoms with Crippen molar-refractivity contribution in [3.05, 3.63) is 12.7 Å². The van der Waals surface area contributed by atoms with Gasteiger partial charge in [-0.2, -0.15) is 0 Å². The lowest BCUT2D eigenvalue weighted by molar-refractivity contribution is -0.150. The fourth-order valence-electron chi connectivity index (χ4n) is 3.51. The third-order valence-electron chi connectivity index (χ3n) is 5.27. The molecule has 4 heteroatoms. The highest BCUT2D eigenvalue weighted by Gasteiger charge is 2.14. The fraction of sp³-hybridized carbons (Fsp3) is 0.840. The molecule has 0 saturated heterocycles. The average Bonchev–Trinajstić information content (AvgIpc) is 2.65. The van der Waals surface area contributed by atoms with Crippen LogP contribution < -0.4 is 0 Å². The number of unbranched alkanes of at least 4 members (excludes halogenated alkanes) is 9. The van der Waals surface area contributed by atoms with Gasteiger partial charge in [0.25, 0.3) is 0 Å². The monoisotopic (exact) mass is 409 g/mol. The normalized spacial score (nSPS) is 12.1. The summed E-state index contributed by atoms with van der Waals surface area (Å²) in [5, 5.41) is 0. The summed E-state index contributed by atoms with van der Waals surface area (Å²) in [6, 6.07) is 0. The Bertz CT molecular complexity index is 420. The molecule has 0 bridgehead atoms. The van der Waals surface area contributed by atoms with Crippen molar-refractivity contribution >= 4 is 11.8 Å². The smallest absolute Gasteiger partial charge is 0.306 e. The van der Waals surface area contributed by atoms with Gasteiger partial charge in [-0.05, 0) is 78.9 Å². The van der Waals surface area contributed by atoms with E-state index in [1.165, 1.54) is 32.1 Å². The Labute approximate surface area is 180 Å². The molecular weight excluding hydrogens is 362 g/mol. The molecule has 0 aromatic heterocycles. The molecule has 0 radical (unpaired) electrons. The molecule has 1 atom stereocenters. The first-order chi connectivity index (χ1) is 14.0. The van der Waals surface area contributed by atoms with Crippen molar-refractivity contribution in [2.24, 2.45) is 0 Å². The SMILES string of the molecule is C=CCCCCCCCC(CCCCCCCC(C)=O)OC(=O)CCCN(C)C. The first-order valence-corrected chi connectivity index (χ1v) is 11.9. The largest absolute Gasteiger partial charge is 0.462 e. The first kappa shape index (κ1) is 27.8. The minimum absolute atomic E-state index is 0.0377. The van der Waals surface area contributed by atoms with E-state index in [-0.39, 0.29) is 17.9 Å². The zero-order valence-corrected chi connectivity index (χ0v) is 19.6. The van der Waals surface area contributed by atoms with Crippen LogP contribution in [0.5, 0.6) is 0 Å². The molecule has 0 aliphatic heterocycles. The van der Waals surface area contributed by atoms with Gasteiger partial charge >= 0.3 is 5.97 Å². The van der Waals surface area contributed by atoms with Crippen LogP contribution in [0.1, 0.15) is 110 Å². The second-order valence-corrected chi connectivity index (χ2v) is 8.66. The van der Waals surface area contributed by atoms with E-state index < -0.39 is 0 Å². The molecule has 0 spiro atoms. The number of rotatable bonds is 21. The second kappa shape index (κ2) is 20.1. The molecule has 0 N–H and O–H groups in total. The van der Waals surface area contributed by atoms with Gasteiger partial charge in [-0.15, -0.1) is 6.58 Å². The maximum Gasteiger partial charge on any atom is 0.306 e. The molecule has 0 rings (SSSR count). The zero-order valence-electron chi connectivity index (χ0n) is 19.6. The van der Waals surface area contributed by atoms with Crippen LogP contribution in [0.15, 0.2) is 12.7 Å². The van der Waals surface area contributed by atoms with Gasteiger partial charge in [-0.25, -0.2) is 0 Å². The number of allylic oxidation sites excluding steroid dienone is 1. The molecule has 0 aromatic carbocycles. The summed E-state index contributed by atoms with van der Waals surface area (Å²) in [6.07, 6.45) is 18.9. The quantitative estimate of drug-likeness (QED) is 0.124. The van der Waals surface area contributed by atoms with Crippen molar-refractivity contribution in [2.75, 3.05) is 20.6 Å². The zero-order chi connectivity index (χ0) is 21.7. The lowest BCUT2D eigenvalue weighted by Gasteiger charge is -2.18. The van der Waals surface area contributed by atoms with Crippen LogP contribution in [0.25, 0.3) is 0 Å². The summed E-state index contributed by atoms with van der Waals surface area (Å²) in [4.78, 5) is 25.3. The summed E-state index contributed by atoms with van der Waals surface area (Å²) < 4.78 is 5.82. The van der Waals surface area contributed by atoms with Gasteiger partial charge in [0, 0.05) is 12.8 Å². The van der Waals surface area contributed by atoms with Gasteiger partial charge in [-0.1, -0.05) is 44.6 Å². The van der Waals surface area contributed by atoms with E-state index in [0.29, 0.717) is 12.8 Å². The van der Waals surface area contributed by atoms with Crippen LogP contribution in [0.3, 0.4) is 0 Å². The summed E-state index contributed by atoms with van der Waals surface area (Å²) >= 11 is 0. The maximum absolute atomic E-state index is 12.2. The summed E-state index contributed by atoms with van der Waals surface area (Å²) in [6.45, 7) is 6.35. The number of hydrogen-bond donors (Lipinski definition) is 0. The van der Waals surface area contributed by atoms with Crippen molar-refractivity contribution in [3.8, 4) is 0 Å². The molecule has 0 amide bonds. The predicted molar refractivity (Wildman–Crippen MR) is 123 cm³/mol. The Kier molecular flexibility index (Phi) is 19.3. The van der Waals surface area contributed by atoms with Crippen LogP contribution in [-0.2, 0) is 14.3 Å². The van der Waals surface area contributed by atoms with Gasteiger partial charge in [0.2, 0.25) is 0 Å². The van der Waals surface area contributed by atoms with Gasteiger partial charge in [0.1, 0.15) is 11.9 Å². The summed E-state index contributed by atoms with van der Waals surface area (Å²) in [7, 11) is 4.05. The Hall–Kier alpha value is -1.16. The van der Waals surface area contributed by atoms with Crippen LogP contribution in [0.2, 0.25) is 0 Å². The van der Waals surface area contributed by atoms with E-state index in [1.807, 2.05) is 20.2 Å². The molecule has 29 heavy (non-hydrogen) atoms. The maximum atomic E-state index is 12.2. The van der Waals surface area contributed by atoms with E-state index in [2.05, 4.69) is 11.5 Å². The number of nitrogens with zero attached hydrogens (tertiary/aromatic N) is 1. The van der Waals surface area contributed by atoms with Crippen LogP contribution in [-0.4, -0.2) is 43.4 Å². The van der Waals surface area contributed by atoms with Gasteiger partial charge in [0.05, 0.1) is 0 Å². The number of ketones is 1. The molecule has 0 aromatic rings. The fourth-order valence-corrected chi connectivity index (χ4v) is 3.51. The molecule has 170 valence electrons. The molecule has 0 saturated carbocycles. The minimum Gasteiger partial charge on any atom is -0.462 e. The molecule has 1 unspecified atom stereocenters. The van der Waals surface area contributed by atoms with E-state index in [9.17, 15) is 9.59 Å². The highest BCUT2D eigenvalue weighted by Crippen LogP contribution is 2.17. The lowest BCUT2D eigenvalue weighted by atomic mass is 10.0. The van der Waals surface area contributed by atoms with Gasteiger partial charge in [-0.3, -0.25) is 4.79 Å². The molecule has 0 aliphatic rings. The van der Waals surface area contributed by atoms with E-state index in [4.69, 9.17) is 4.74 Å². The predicted octanol–water partition coefficient (Wildman–Crippen LogP) is 6.48. The first-order valence-electron chi connectivity index (χ1n) is 11.9. The lowest BCUT2D eigenvalue weighted by Crippen LogP contribution is -2.20. The van der Waals surface area contributed by atoms with E-state index in [0.717, 1.165) is 64.3 Å². The van der Waals surface area contributed by atoms with E-state index in [1.54, 1.807) is 6.92 Å². The number of carbonyl (C=O) groups excluding carboxylic acids is 2. The number of esters is 1. The van der Waals surface area contributed by atoms with Crippen molar-refractivity contribution in [1.82, 2.24) is 4.90 Å². The summed E-state index contributed by atoms with van der Waals surface area (Å²) in [5.41, 5.74) is 0. The van der Waals surface area contributed by atoms with Crippen LogP contribution >= 0.6 is 0 Å². The molecule has 0 aliphatic carbocycles. The Morgan fingerprint density at radius 2 is 1.38 bits per heavy atom. The van der Waals surface area contributed by atoms with Crippen molar-refractivity contribution in [3.63, 3.8) is 0 Å². The van der Waals surface area contributed by atoms with Crippen LogP contribution in [0.4, 0.5) is 0 Å². The van der Waals surface area contributed by atoms with E-state index >= 15 is 0 Å². The van der Waals surface area contributed by atoms with Crippen LogP contribution in [0, 0.1) is 0 Å². The Morgan fingerprint density at radius 3 is 1.93 bits per heavy atom. The minimum atomic E-state index is -0.0377. The molecule has 0 heterocycles. The third kappa shape index (κ3) is 21.4. The Morgan fingerprint density at radius 1 is 0.828 bits per heavy atom. The van der Waals surface area contributed by atoms with Gasteiger partial charge < -0.3 is 14.4 Å². The van der Waals surface area contributed by atoms with Crippen molar-refractivity contribution < 1.29 is 14.3 Å².